The van der Waals surface area contributed by atoms with Crippen LogP contribution in [0.15, 0.2) is 24.3 Å². The van der Waals surface area contributed by atoms with Crippen LogP contribution in [0.5, 0.6) is 0 Å². The molecule has 0 radical (unpaired) electrons. The Hall–Kier alpha value is -0.820. The quantitative estimate of drug-likeness (QED) is 0.794. The predicted octanol–water partition coefficient (Wildman–Crippen LogP) is 4.23. The van der Waals surface area contributed by atoms with Crippen LogP contribution >= 0.6 is 0 Å². The molecule has 1 heteroatoms. The van der Waals surface area contributed by atoms with Gasteiger partial charge in [-0.15, -0.1) is 0 Å². The summed E-state index contributed by atoms with van der Waals surface area (Å²) in [5.41, 5.74) is 3.97. The molecule has 1 N–H and O–H groups in total. The maximum atomic E-state index is 3.45. The molecule has 1 spiro atoms. The molecular formula is C18H27N. The first-order chi connectivity index (χ1) is 8.99. The first kappa shape index (κ1) is 13.2. The van der Waals surface area contributed by atoms with Crippen molar-refractivity contribution in [2.45, 2.75) is 57.8 Å². The molecule has 2 fully saturated rings. The molecular weight excluding hydrogens is 230 g/mol. The Morgan fingerprint density at radius 3 is 2.00 bits per heavy atom. The van der Waals surface area contributed by atoms with Gasteiger partial charge in [0.1, 0.15) is 0 Å². The second-order valence-corrected chi connectivity index (χ2v) is 7.75. The van der Waals surface area contributed by atoms with Gasteiger partial charge in [-0.25, -0.2) is 0 Å². The third-order valence-corrected chi connectivity index (χ3v) is 5.29. The Morgan fingerprint density at radius 2 is 1.58 bits per heavy atom. The summed E-state index contributed by atoms with van der Waals surface area (Å²) in [5, 5.41) is 3.45. The molecule has 19 heavy (non-hydrogen) atoms. The summed E-state index contributed by atoms with van der Waals surface area (Å²) in [4.78, 5) is 0. The van der Waals surface area contributed by atoms with Gasteiger partial charge < -0.3 is 5.32 Å². The van der Waals surface area contributed by atoms with Crippen molar-refractivity contribution in [1.82, 2.24) is 5.32 Å². The molecule has 3 rings (SSSR count). The molecule has 104 valence electrons. The zero-order chi connectivity index (χ0) is 13.5. The number of benzene rings is 1. The van der Waals surface area contributed by atoms with E-state index in [9.17, 15) is 0 Å². The molecule has 0 atom stereocenters. The summed E-state index contributed by atoms with van der Waals surface area (Å²) in [7, 11) is 0. The van der Waals surface area contributed by atoms with Crippen LogP contribution in [0.25, 0.3) is 0 Å². The van der Waals surface area contributed by atoms with E-state index in [0.717, 1.165) is 5.92 Å². The zero-order valence-electron chi connectivity index (χ0n) is 12.6. The molecule has 1 aliphatic carbocycles. The highest BCUT2D eigenvalue weighted by Crippen LogP contribution is 2.45. The molecule has 0 bridgehead atoms. The molecule has 1 aliphatic heterocycles. The summed E-state index contributed by atoms with van der Waals surface area (Å²) < 4.78 is 0. The highest BCUT2D eigenvalue weighted by atomic mass is 15.0. The summed E-state index contributed by atoms with van der Waals surface area (Å²) in [5.74, 6) is 0.806. The highest BCUT2D eigenvalue weighted by molar-refractivity contribution is 5.30. The first-order valence-electron chi connectivity index (χ1n) is 7.80. The van der Waals surface area contributed by atoms with Crippen molar-refractivity contribution in [2.75, 3.05) is 13.1 Å². The SMILES string of the molecule is CC(C)(C)c1ccc(C2CCC3(CC2)CNC3)cc1. The molecule has 1 saturated heterocycles. The van der Waals surface area contributed by atoms with E-state index in [1.54, 1.807) is 5.56 Å². The molecule has 0 unspecified atom stereocenters. The Kier molecular flexibility index (Phi) is 3.21. The average molecular weight is 257 g/mol. The van der Waals surface area contributed by atoms with Crippen LogP contribution in [0.2, 0.25) is 0 Å². The van der Waals surface area contributed by atoms with Gasteiger partial charge in [0.15, 0.2) is 0 Å². The standard InChI is InChI=1S/C18H27N/c1-17(2,3)16-6-4-14(5-7-16)15-8-10-18(11-9-15)12-19-13-18/h4-7,15,19H,8-13H2,1-3H3. The fourth-order valence-electron chi connectivity index (χ4n) is 3.65. The zero-order valence-corrected chi connectivity index (χ0v) is 12.6. The molecule has 1 saturated carbocycles. The van der Waals surface area contributed by atoms with E-state index >= 15 is 0 Å². The first-order valence-corrected chi connectivity index (χ1v) is 7.80. The molecule has 1 aromatic carbocycles. The van der Waals surface area contributed by atoms with Crippen LogP contribution in [-0.2, 0) is 5.41 Å². The smallest absolute Gasteiger partial charge is 0.00202 e. The van der Waals surface area contributed by atoms with Crippen molar-refractivity contribution in [3.63, 3.8) is 0 Å². The van der Waals surface area contributed by atoms with E-state index in [4.69, 9.17) is 0 Å². The van der Waals surface area contributed by atoms with Gasteiger partial charge in [-0.2, -0.15) is 0 Å². The van der Waals surface area contributed by atoms with E-state index in [2.05, 4.69) is 50.4 Å². The van der Waals surface area contributed by atoms with E-state index in [1.165, 1.54) is 44.3 Å². The second-order valence-electron chi connectivity index (χ2n) is 7.75. The maximum absolute atomic E-state index is 3.45. The van der Waals surface area contributed by atoms with Crippen molar-refractivity contribution < 1.29 is 0 Å². The van der Waals surface area contributed by atoms with Gasteiger partial charge in [0.05, 0.1) is 0 Å². The number of hydrogen-bond donors (Lipinski definition) is 1. The molecule has 1 heterocycles. The maximum Gasteiger partial charge on any atom is 0.00202 e. The highest BCUT2D eigenvalue weighted by Gasteiger charge is 2.40. The van der Waals surface area contributed by atoms with E-state index < -0.39 is 0 Å². The van der Waals surface area contributed by atoms with Crippen LogP contribution in [0.4, 0.5) is 0 Å². The molecule has 2 aliphatic rings. The lowest BCUT2D eigenvalue weighted by Crippen LogP contribution is -2.54. The van der Waals surface area contributed by atoms with Crippen LogP contribution in [0.1, 0.15) is 63.5 Å². The molecule has 0 amide bonds. The molecule has 1 nitrogen and oxygen atoms in total. The largest absolute Gasteiger partial charge is 0.316 e. The van der Waals surface area contributed by atoms with Gasteiger partial charge in [0, 0.05) is 13.1 Å². The van der Waals surface area contributed by atoms with E-state index in [1.807, 2.05) is 0 Å². The Labute approximate surface area is 117 Å². The van der Waals surface area contributed by atoms with Crippen molar-refractivity contribution in [2.24, 2.45) is 5.41 Å². The van der Waals surface area contributed by atoms with Crippen molar-refractivity contribution >= 4 is 0 Å². The fraction of sp³-hybridized carbons (Fsp3) is 0.667. The number of rotatable bonds is 1. The Bertz CT molecular complexity index is 424. The minimum atomic E-state index is 0.271. The Balaban J connectivity index is 1.67. The third-order valence-electron chi connectivity index (χ3n) is 5.29. The monoisotopic (exact) mass is 257 g/mol. The minimum absolute atomic E-state index is 0.271. The van der Waals surface area contributed by atoms with E-state index in [0.29, 0.717) is 5.41 Å². The molecule has 0 aromatic heterocycles. The summed E-state index contributed by atoms with van der Waals surface area (Å²) >= 11 is 0. The normalized spacial score (nSPS) is 23.3. The van der Waals surface area contributed by atoms with Gasteiger partial charge in [-0.05, 0) is 53.6 Å². The third kappa shape index (κ3) is 2.58. The average Bonchev–Trinajstić information content (AvgIpc) is 2.36. The number of nitrogens with one attached hydrogen (secondary N) is 1. The lowest BCUT2D eigenvalue weighted by Gasteiger charge is -2.47. The predicted molar refractivity (Wildman–Crippen MR) is 81.7 cm³/mol. The Morgan fingerprint density at radius 1 is 1.00 bits per heavy atom. The summed E-state index contributed by atoms with van der Waals surface area (Å²) in [6.07, 6.45) is 5.62. The molecule has 1 aromatic rings. The van der Waals surface area contributed by atoms with Crippen LogP contribution < -0.4 is 5.32 Å². The lowest BCUT2D eigenvalue weighted by molar-refractivity contribution is 0.0975. The number of hydrogen-bond acceptors (Lipinski definition) is 1. The minimum Gasteiger partial charge on any atom is -0.316 e. The van der Waals surface area contributed by atoms with Crippen molar-refractivity contribution in [1.29, 1.82) is 0 Å². The van der Waals surface area contributed by atoms with Gasteiger partial charge in [0.2, 0.25) is 0 Å². The summed E-state index contributed by atoms with van der Waals surface area (Å²) in [6, 6.07) is 9.43. The van der Waals surface area contributed by atoms with Gasteiger partial charge in [-0.1, -0.05) is 45.0 Å². The topological polar surface area (TPSA) is 12.0 Å². The van der Waals surface area contributed by atoms with Gasteiger partial charge in [0.25, 0.3) is 0 Å². The summed E-state index contributed by atoms with van der Waals surface area (Å²) in [6.45, 7) is 9.40. The fourth-order valence-corrected chi connectivity index (χ4v) is 3.65. The second kappa shape index (κ2) is 4.63. The van der Waals surface area contributed by atoms with Crippen molar-refractivity contribution in [3.05, 3.63) is 35.4 Å². The van der Waals surface area contributed by atoms with Crippen LogP contribution in [0.3, 0.4) is 0 Å². The van der Waals surface area contributed by atoms with Crippen LogP contribution in [-0.4, -0.2) is 13.1 Å². The lowest BCUT2D eigenvalue weighted by atomic mass is 9.66. The van der Waals surface area contributed by atoms with Gasteiger partial charge in [-0.3, -0.25) is 0 Å². The van der Waals surface area contributed by atoms with Crippen molar-refractivity contribution in [3.8, 4) is 0 Å². The van der Waals surface area contributed by atoms with Gasteiger partial charge >= 0.3 is 0 Å². The van der Waals surface area contributed by atoms with Crippen LogP contribution in [0, 0.1) is 5.41 Å². The van der Waals surface area contributed by atoms with E-state index in [-0.39, 0.29) is 5.41 Å².